The predicted octanol–water partition coefficient (Wildman–Crippen LogP) is 5.44. The standard InChI is InChI=1S/C27H40ClNO5/c1-5-17-20-13-16(30)6-10-27(20,4)19-7-9-26(2,3)18(22(19)23(17)31)8-11-34-24-21(28)12-15(14-29-24)25(32)33/h12,14,16-20,22-23,30-31H,5-11,13H2,1-4H3,(H,32,33)/t16-,17-,18?,19+,20+,22+,23-,27-/m1/s1. The van der Waals surface area contributed by atoms with E-state index in [9.17, 15) is 15.0 Å². The Bertz CT molecular complexity index is 907. The maximum absolute atomic E-state index is 11.7. The molecule has 0 spiro atoms. The van der Waals surface area contributed by atoms with Crippen molar-refractivity contribution in [3.8, 4) is 5.88 Å². The SMILES string of the molecule is CC[C@H]1[C@@H](O)[C@H]2C(CCOc3ncc(C(=O)O)cc3Cl)C(C)(C)CC[C@@H]2[C@@]2(C)CC[C@@H](O)C[C@@H]12. The Balaban J connectivity index is 1.55. The summed E-state index contributed by atoms with van der Waals surface area (Å²) in [5, 5.41) is 31.5. The minimum Gasteiger partial charge on any atom is -0.478 e. The molecule has 0 bridgehead atoms. The lowest BCUT2D eigenvalue weighted by Crippen LogP contribution is -2.62. The first-order chi connectivity index (χ1) is 16.0. The van der Waals surface area contributed by atoms with E-state index < -0.39 is 5.97 Å². The first-order valence-corrected chi connectivity index (χ1v) is 13.2. The first kappa shape index (κ1) is 25.7. The lowest BCUT2D eigenvalue weighted by atomic mass is 9.41. The zero-order valence-electron chi connectivity index (χ0n) is 20.8. The van der Waals surface area contributed by atoms with E-state index in [-0.39, 0.29) is 57.3 Å². The topological polar surface area (TPSA) is 99.9 Å². The maximum Gasteiger partial charge on any atom is 0.337 e. The van der Waals surface area contributed by atoms with E-state index in [1.807, 2.05) is 0 Å². The van der Waals surface area contributed by atoms with Crippen LogP contribution in [0.15, 0.2) is 12.3 Å². The van der Waals surface area contributed by atoms with Gasteiger partial charge in [0.15, 0.2) is 0 Å². The molecule has 1 heterocycles. The summed E-state index contributed by atoms with van der Waals surface area (Å²) < 4.78 is 5.93. The Labute approximate surface area is 208 Å². The van der Waals surface area contributed by atoms with E-state index in [1.165, 1.54) is 12.3 Å². The number of aliphatic hydroxyl groups is 2. The zero-order chi connectivity index (χ0) is 24.8. The van der Waals surface area contributed by atoms with Gasteiger partial charge in [0, 0.05) is 6.20 Å². The Kier molecular flexibility index (Phi) is 7.25. The first-order valence-electron chi connectivity index (χ1n) is 12.9. The molecular weight excluding hydrogens is 454 g/mol. The van der Waals surface area contributed by atoms with Crippen LogP contribution in [0.1, 0.15) is 83.0 Å². The lowest BCUT2D eigenvalue weighted by Gasteiger charge is -2.64. The summed E-state index contributed by atoms with van der Waals surface area (Å²) in [5.74, 6) is 0.682. The van der Waals surface area contributed by atoms with Crippen molar-refractivity contribution >= 4 is 17.6 Å². The van der Waals surface area contributed by atoms with Gasteiger partial charge in [0.1, 0.15) is 5.02 Å². The van der Waals surface area contributed by atoms with Gasteiger partial charge in [-0.25, -0.2) is 9.78 Å². The predicted molar refractivity (Wildman–Crippen MR) is 131 cm³/mol. The smallest absolute Gasteiger partial charge is 0.337 e. The Morgan fingerprint density at radius 1 is 1.21 bits per heavy atom. The molecule has 1 aromatic rings. The van der Waals surface area contributed by atoms with Crippen LogP contribution < -0.4 is 4.74 Å². The molecule has 34 heavy (non-hydrogen) atoms. The van der Waals surface area contributed by atoms with Crippen LogP contribution in [0.4, 0.5) is 0 Å². The number of rotatable bonds is 6. The molecule has 3 fully saturated rings. The number of hydrogen-bond acceptors (Lipinski definition) is 5. The van der Waals surface area contributed by atoms with Gasteiger partial charge >= 0.3 is 5.97 Å². The molecule has 8 atom stereocenters. The van der Waals surface area contributed by atoms with Gasteiger partial charge in [-0.3, -0.25) is 0 Å². The van der Waals surface area contributed by atoms with Crippen molar-refractivity contribution in [2.75, 3.05) is 6.61 Å². The van der Waals surface area contributed by atoms with Crippen molar-refractivity contribution in [3.63, 3.8) is 0 Å². The van der Waals surface area contributed by atoms with E-state index in [0.717, 1.165) is 44.9 Å². The Hall–Kier alpha value is -1.37. The number of carbonyl (C=O) groups is 1. The number of nitrogens with zero attached hydrogens (tertiary/aromatic N) is 1. The van der Waals surface area contributed by atoms with Gasteiger partial charge < -0.3 is 20.1 Å². The number of carboxylic acid groups (broad SMARTS) is 1. The fraction of sp³-hybridized carbons (Fsp3) is 0.778. The second kappa shape index (κ2) is 9.59. The van der Waals surface area contributed by atoms with Crippen LogP contribution in [-0.4, -0.2) is 45.1 Å². The number of pyridine rings is 1. The molecule has 0 saturated heterocycles. The fourth-order valence-corrected chi connectivity index (χ4v) is 8.20. The molecule has 4 rings (SSSR count). The minimum atomic E-state index is -1.07. The molecule has 190 valence electrons. The van der Waals surface area contributed by atoms with E-state index in [1.54, 1.807) is 0 Å². The number of ether oxygens (including phenoxy) is 1. The third-order valence-electron chi connectivity index (χ3n) is 9.81. The maximum atomic E-state index is 11.7. The summed E-state index contributed by atoms with van der Waals surface area (Å²) in [6, 6.07) is 1.36. The summed E-state index contributed by atoms with van der Waals surface area (Å²) in [7, 11) is 0. The molecule has 3 N–H and O–H groups in total. The van der Waals surface area contributed by atoms with Gasteiger partial charge in [0.05, 0.1) is 24.4 Å². The van der Waals surface area contributed by atoms with E-state index in [0.29, 0.717) is 18.4 Å². The minimum absolute atomic E-state index is 0.0324. The average Bonchev–Trinajstić information content (AvgIpc) is 2.77. The number of hydrogen-bond donors (Lipinski definition) is 3. The number of aromatic nitrogens is 1. The summed E-state index contributed by atoms with van der Waals surface area (Å²) in [6.45, 7) is 9.64. The largest absolute Gasteiger partial charge is 0.478 e. The third kappa shape index (κ3) is 4.46. The molecule has 3 aliphatic rings. The summed E-state index contributed by atoms with van der Waals surface area (Å²) in [5.41, 5.74) is 0.257. The van der Waals surface area contributed by atoms with Gasteiger partial charge in [-0.05, 0) is 85.0 Å². The van der Waals surface area contributed by atoms with Gasteiger partial charge in [-0.2, -0.15) is 0 Å². The molecule has 3 saturated carbocycles. The molecule has 3 aliphatic carbocycles. The molecule has 1 aromatic heterocycles. The lowest BCUT2D eigenvalue weighted by molar-refractivity contribution is -0.203. The summed E-state index contributed by atoms with van der Waals surface area (Å²) in [4.78, 5) is 15.2. The number of halogens is 1. The van der Waals surface area contributed by atoms with Gasteiger partial charge in [0.25, 0.3) is 0 Å². The van der Waals surface area contributed by atoms with E-state index in [2.05, 4.69) is 32.7 Å². The highest BCUT2D eigenvalue weighted by atomic mass is 35.5. The highest BCUT2D eigenvalue weighted by Crippen LogP contribution is 2.65. The van der Waals surface area contributed by atoms with Crippen LogP contribution in [0.2, 0.25) is 5.02 Å². The van der Waals surface area contributed by atoms with Crippen LogP contribution in [-0.2, 0) is 0 Å². The average molecular weight is 494 g/mol. The van der Waals surface area contributed by atoms with E-state index >= 15 is 0 Å². The normalized spacial score (nSPS) is 39.1. The Morgan fingerprint density at radius 2 is 1.94 bits per heavy atom. The fourth-order valence-electron chi connectivity index (χ4n) is 7.98. The molecule has 0 aromatic carbocycles. The van der Waals surface area contributed by atoms with Crippen molar-refractivity contribution in [2.24, 2.45) is 40.4 Å². The second-order valence-corrected chi connectivity index (χ2v) is 12.3. The highest BCUT2D eigenvalue weighted by Gasteiger charge is 2.61. The number of fused-ring (bicyclic) bond motifs is 3. The van der Waals surface area contributed by atoms with Crippen LogP contribution in [0.25, 0.3) is 0 Å². The molecule has 6 nitrogen and oxygen atoms in total. The molecule has 7 heteroatoms. The van der Waals surface area contributed by atoms with Crippen LogP contribution >= 0.6 is 11.6 Å². The number of aliphatic hydroxyl groups excluding tert-OH is 2. The van der Waals surface area contributed by atoms with Crippen molar-refractivity contribution in [3.05, 3.63) is 22.8 Å². The van der Waals surface area contributed by atoms with Crippen molar-refractivity contribution in [1.29, 1.82) is 0 Å². The van der Waals surface area contributed by atoms with Crippen LogP contribution in [0, 0.1) is 40.4 Å². The monoisotopic (exact) mass is 493 g/mol. The third-order valence-corrected chi connectivity index (χ3v) is 10.1. The van der Waals surface area contributed by atoms with Crippen LogP contribution in [0.3, 0.4) is 0 Å². The Morgan fingerprint density at radius 3 is 2.59 bits per heavy atom. The van der Waals surface area contributed by atoms with Gasteiger partial charge in [-0.15, -0.1) is 0 Å². The summed E-state index contributed by atoms with van der Waals surface area (Å²) >= 11 is 6.22. The molecular formula is C27H40ClNO5. The molecule has 0 radical (unpaired) electrons. The van der Waals surface area contributed by atoms with E-state index in [4.69, 9.17) is 21.4 Å². The molecule has 0 aliphatic heterocycles. The zero-order valence-corrected chi connectivity index (χ0v) is 21.6. The van der Waals surface area contributed by atoms with Crippen LogP contribution in [0.5, 0.6) is 5.88 Å². The molecule has 1 unspecified atom stereocenters. The number of aromatic carboxylic acids is 1. The highest BCUT2D eigenvalue weighted by molar-refractivity contribution is 6.32. The molecule has 0 amide bonds. The van der Waals surface area contributed by atoms with Gasteiger partial charge in [0.2, 0.25) is 5.88 Å². The van der Waals surface area contributed by atoms with Crippen molar-refractivity contribution in [1.82, 2.24) is 4.98 Å². The summed E-state index contributed by atoms with van der Waals surface area (Å²) in [6.07, 6.45) is 7.28. The van der Waals surface area contributed by atoms with Gasteiger partial charge in [-0.1, -0.05) is 45.7 Å². The second-order valence-electron chi connectivity index (χ2n) is 11.9. The van der Waals surface area contributed by atoms with Crippen molar-refractivity contribution in [2.45, 2.75) is 84.8 Å². The number of carboxylic acids is 1. The van der Waals surface area contributed by atoms with Crippen molar-refractivity contribution < 1.29 is 24.9 Å². The quantitative estimate of drug-likeness (QED) is 0.488.